The van der Waals surface area contributed by atoms with Crippen LogP contribution in [0.3, 0.4) is 0 Å². The van der Waals surface area contributed by atoms with E-state index in [2.05, 4.69) is 23.8 Å². The van der Waals surface area contributed by atoms with Crippen LogP contribution in [0.1, 0.15) is 32.6 Å². The molecule has 2 saturated heterocycles. The number of likely N-dealkylation sites (tertiary alicyclic amines) is 2. The summed E-state index contributed by atoms with van der Waals surface area (Å²) in [5.41, 5.74) is 0. The molecule has 17 heavy (non-hydrogen) atoms. The van der Waals surface area contributed by atoms with Gasteiger partial charge in [-0.05, 0) is 51.7 Å². The molecule has 0 saturated carbocycles. The maximum Gasteiger partial charge on any atom is 0.0600 e. The molecule has 2 fully saturated rings. The minimum Gasteiger partial charge on any atom is -0.377 e. The van der Waals surface area contributed by atoms with Crippen LogP contribution in [0.5, 0.6) is 0 Å². The molecular formula is C14H28N2O. The fourth-order valence-electron chi connectivity index (χ4n) is 2.79. The first-order valence-corrected chi connectivity index (χ1v) is 7.26. The highest BCUT2D eigenvalue weighted by Crippen LogP contribution is 2.16. The van der Waals surface area contributed by atoms with Crippen molar-refractivity contribution < 1.29 is 4.74 Å². The highest BCUT2D eigenvalue weighted by atomic mass is 16.5. The lowest BCUT2D eigenvalue weighted by Gasteiger charge is -2.32. The zero-order chi connectivity index (χ0) is 12.1. The second kappa shape index (κ2) is 6.72. The molecular weight excluding hydrogens is 212 g/mol. The average molecular weight is 240 g/mol. The van der Waals surface area contributed by atoms with Gasteiger partial charge in [0.25, 0.3) is 0 Å². The highest BCUT2D eigenvalue weighted by Gasteiger charge is 2.18. The Labute approximate surface area is 106 Å². The van der Waals surface area contributed by atoms with Gasteiger partial charge >= 0.3 is 0 Å². The Morgan fingerprint density at radius 1 is 1.00 bits per heavy atom. The Kier molecular flexibility index (Phi) is 5.26. The molecule has 2 rings (SSSR count). The number of ether oxygens (including phenoxy) is 1. The van der Waals surface area contributed by atoms with Gasteiger partial charge in [-0.2, -0.15) is 0 Å². The number of nitrogens with zero attached hydrogens (tertiary/aromatic N) is 2. The van der Waals surface area contributed by atoms with Gasteiger partial charge in [-0.1, -0.05) is 6.92 Å². The van der Waals surface area contributed by atoms with Gasteiger partial charge in [0.2, 0.25) is 0 Å². The van der Waals surface area contributed by atoms with Gasteiger partial charge < -0.3 is 14.5 Å². The Bertz CT molecular complexity index is 184. The van der Waals surface area contributed by atoms with E-state index in [9.17, 15) is 0 Å². The van der Waals surface area contributed by atoms with Crippen LogP contribution in [-0.4, -0.2) is 62.3 Å². The topological polar surface area (TPSA) is 15.7 Å². The molecule has 0 aromatic carbocycles. The summed E-state index contributed by atoms with van der Waals surface area (Å²) in [6.45, 7) is 9.39. The zero-order valence-corrected chi connectivity index (χ0v) is 11.5. The molecule has 3 heteroatoms. The number of piperidine rings is 2. The van der Waals surface area contributed by atoms with Crippen molar-refractivity contribution in [2.45, 2.75) is 38.7 Å². The standard InChI is InChI=1S/C14H28N2O/c1-13-3-9-16(10-4-13)11-12-17-14-5-7-15(2)8-6-14/h13-14H,3-12H2,1-2H3. The summed E-state index contributed by atoms with van der Waals surface area (Å²) in [7, 11) is 2.20. The van der Waals surface area contributed by atoms with Crippen molar-refractivity contribution in [1.29, 1.82) is 0 Å². The van der Waals surface area contributed by atoms with E-state index in [0.29, 0.717) is 6.10 Å². The summed E-state index contributed by atoms with van der Waals surface area (Å²) in [4.78, 5) is 4.96. The summed E-state index contributed by atoms with van der Waals surface area (Å²) in [6, 6.07) is 0. The van der Waals surface area contributed by atoms with E-state index >= 15 is 0 Å². The fourth-order valence-corrected chi connectivity index (χ4v) is 2.79. The van der Waals surface area contributed by atoms with E-state index < -0.39 is 0 Å². The van der Waals surface area contributed by atoms with Gasteiger partial charge in [-0.15, -0.1) is 0 Å². The van der Waals surface area contributed by atoms with Crippen LogP contribution in [0.25, 0.3) is 0 Å². The van der Waals surface area contributed by atoms with E-state index in [1.165, 1.54) is 51.9 Å². The van der Waals surface area contributed by atoms with Crippen molar-refractivity contribution in [3.05, 3.63) is 0 Å². The molecule has 3 nitrogen and oxygen atoms in total. The summed E-state index contributed by atoms with van der Waals surface area (Å²) in [6.07, 6.45) is 5.69. The van der Waals surface area contributed by atoms with Crippen LogP contribution in [-0.2, 0) is 4.74 Å². The Morgan fingerprint density at radius 3 is 2.29 bits per heavy atom. The first kappa shape index (κ1) is 13.3. The van der Waals surface area contributed by atoms with E-state index in [1.807, 2.05) is 0 Å². The van der Waals surface area contributed by atoms with Crippen LogP contribution in [0, 0.1) is 5.92 Å². The zero-order valence-electron chi connectivity index (χ0n) is 11.5. The molecule has 0 unspecified atom stereocenters. The highest BCUT2D eigenvalue weighted by molar-refractivity contribution is 4.71. The minimum absolute atomic E-state index is 0.523. The maximum atomic E-state index is 5.99. The van der Waals surface area contributed by atoms with Crippen LogP contribution in [0.15, 0.2) is 0 Å². The van der Waals surface area contributed by atoms with Gasteiger partial charge in [-0.25, -0.2) is 0 Å². The van der Waals surface area contributed by atoms with Crippen molar-refractivity contribution in [1.82, 2.24) is 9.80 Å². The van der Waals surface area contributed by atoms with Crippen LogP contribution in [0.4, 0.5) is 0 Å². The molecule has 2 heterocycles. The smallest absolute Gasteiger partial charge is 0.0600 e. The molecule has 0 bridgehead atoms. The van der Waals surface area contributed by atoms with Crippen molar-refractivity contribution in [3.8, 4) is 0 Å². The second-order valence-corrected chi connectivity index (χ2v) is 5.90. The predicted molar refractivity (Wildman–Crippen MR) is 71.3 cm³/mol. The molecule has 0 N–H and O–H groups in total. The molecule has 0 aromatic rings. The monoisotopic (exact) mass is 240 g/mol. The van der Waals surface area contributed by atoms with Crippen LogP contribution in [0.2, 0.25) is 0 Å². The van der Waals surface area contributed by atoms with Gasteiger partial charge in [0.05, 0.1) is 12.7 Å². The molecule has 0 aromatic heterocycles. The van der Waals surface area contributed by atoms with Gasteiger partial charge in [0.1, 0.15) is 0 Å². The van der Waals surface area contributed by atoms with Crippen molar-refractivity contribution in [2.75, 3.05) is 46.4 Å². The molecule has 0 aliphatic carbocycles. The summed E-state index contributed by atoms with van der Waals surface area (Å²) in [5, 5.41) is 0. The summed E-state index contributed by atoms with van der Waals surface area (Å²) < 4.78 is 5.99. The second-order valence-electron chi connectivity index (χ2n) is 5.90. The molecule has 2 aliphatic heterocycles. The third-order valence-corrected chi connectivity index (χ3v) is 4.30. The predicted octanol–water partition coefficient (Wildman–Crippen LogP) is 1.83. The third-order valence-electron chi connectivity index (χ3n) is 4.30. The third kappa shape index (κ3) is 4.57. The van der Waals surface area contributed by atoms with Gasteiger partial charge in [0, 0.05) is 19.6 Å². The first-order chi connectivity index (χ1) is 8.24. The van der Waals surface area contributed by atoms with Crippen LogP contribution >= 0.6 is 0 Å². The molecule has 0 spiro atoms. The summed E-state index contributed by atoms with van der Waals surface area (Å²) >= 11 is 0. The van der Waals surface area contributed by atoms with Crippen molar-refractivity contribution in [2.24, 2.45) is 5.92 Å². The van der Waals surface area contributed by atoms with Crippen molar-refractivity contribution in [3.63, 3.8) is 0 Å². The van der Waals surface area contributed by atoms with Gasteiger partial charge in [-0.3, -0.25) is 0 Å². The van der Waals surface area contributed by atoms with E-state index in [1.54, 1.807) is 0 Å². The van der Waals surface area contributed by atoms with E-state index in [4.69, 9.17) is 4.74 Å². The Hall–Kier alpha value is -0.120. The lowest BCUT2D eigenvalue weighted by Crippen LogP contribution is -2.38. The average Bonchev–Trinajstić information content (AvgIpc) is 2.34. The Balaban J connectivity index is 1.54. The molecule has 0 amide bonds. The minimum atomic E-state index is 0.523. The van der Waals surface area contributed by atoms with E-state index in [-0.39, 0.29) is 0 Å². The first-order valence-electron chi connectivity index (χ1n) is 7.26. The molecule has 0 radical (unpaired) electrons. The lowest BCUT2D eigenvalue weighted by atomic mass is 9.99. The normalized spacial score (nSPS) is 26.5. The lowest BCUT2D eigenvalue weighted by molar-refractivity contribution is -0.000394. The van der Waals surface area contributed by atoms with Crippen LogP contribution < -0.4 is 0 Å². The SMILES string of the molecule is CC1CCN(CCOC2CCN(C)CC2)CC1. The van der Waals surface area contributed by atoms with Crippen molar-refractivity contribution >= 4 is 0 Å². The van der Waals surface area contributed by atoms with Gasteiger partial charge in [0.15, 0.2) is 0 Å². The maximum absolute atomic E-state index is 5.99. The fraction of sp³-hybridized carbons (Fsp3) is 1.00. The Morgan fingerprint density at radius 2 is 1.65 bits per heavy atom. The number of hydrogen-bond acceptors (Lipinski definition) is 3. The summed E-state index contributed by atoms with van der Waals surface area (Å²) in [5.74, 6) is 0.932. The largest absolute Gasteiger partial charge is 0.377 e. The van der Waals surface area contributed by atoms with E-state index in [0.717, 1.165) is 19.1 Å². The molecule has 2 aliphatic rings. The molecule has 100 valence electrons. The quantitative estimate of drug-likeness (QED) is 0.745. The number of hydrogen-bond donors (Lipinski definition) is 0. The number of rotatable bonds is 4. The molecule has 0 atom stereocenters.